The van der Waals surface area contributed by atoms with E-state index in [0.29, 0.717) is 59.7 Å². The van der Waals surface area contributed by atoms with Gasteiger partial charge < -0.3 is 40.4 Å². The number of ketones is 1. The van der Waals surface area contributed by atoms with Crippen molar-refractivity contribution < 1.29 is 33.8 Å². The molecular weight excluding hydrogens is 680 g/mol. The fourth-order valence-corrected chi connectivity index (χ4v) is 7.07. The predicted molar refractivity (Wildman–Crippen MR) is 199 cm³/mol. The van der Waals surface area contributed by atoms with Gasteiger partial charge in [-0.05, 0) is 55.5 Å². The van der Waals surface area contributed by atoms with Gasteiger partial charge in [0.2, 0.25) is 5.91 Å². The number of Topliss-reactive ketones (excluding diaryl/α,β-unsaturated/α-hetero) is 1. The molecule has 2 aromatic heterocycles. The van der Waals surface area contributed by atoms with E-state index in [1.54, 1.807) is 29.8 Å². The van der Waals surface area contributed by atoms with Crippen LogP contribution in [0.4, 0.5) is 9.59 Å². The molecule has 5 rings (SSSR count). The molecule has 2 aliphatic rings. The second-order valence-electron chi connectivity index (χ2n) is 13.7. The lowest BCUT2D eigenvalue weighted by Crippen LogP contribution is -2.48. The van der Waals surface area contributed by atoms with Gasteiger partial charge in [-0.2, -0.15) is 0 Å². The maximum absolute atomic E-state index is 13.7. The van der Waals surface area contributed by atoms with Crippen LogP contribution in [0.5, 0.6) is 5.75 Å². The molecule has 14 nitrogen and oxygen atoms in total. The number of nitrogens with two attached hydrogens (primary N) is 1. The van der Waals surface area contributed by atoms with E-state index in [0.717, 1.165) is 42.2 Å². The number of primary amides is 1. The quantitative estimate of drug-likeness (QED) is 0.120. The Kier molecular flexibility index (Phi) is 12.2. The summed E-state index contributed by atoms with van der Waals surface area (Å²) in [6, 6.07) is 5.41. The number of nitrogens with zero attached hydrogens (tertiary/aromatic N) is 3. The number of carbonyl (C=O) groups is 4. The van der Waals surface area contributed by atoms with Gasteiger partial charge in [0.1, 0.15) is 23.7 Å². The molecule has 0 radical (unpaired) electrons. The molecule has 284 valence electrons. The van der Waals surface area contributed by atoms with Gasteiger partial charge in [-0.1, -0.05) is 46.6 Å². The summed E-state index contributed by atoms with van der Waals surface area (Å²) in [6.07, 6.45) is 4.18. The molecule has 14 heteroatoms. The van der Waals surface area contributed by atoms with E-state index in [2.05, 4.69) is 24.1 Å². The average Bonchev–Trinajstić information content (AvgIpc) is 3.50. The standard InChI is InChI=1S/C39H50N6O8/c1-6-9-10-11-16-41-37(49)43-31(20-34(40)47)33(46)13-12-17-44(5)38(50)53-24-14-15-30-26(18-24)25(7-2)27-21-45-32(35(27)42-30)19-29-28(36(45)48)22-52-23(4)39(29,51)8-3/h14-15,18-19,31,51H,4,6-13,16-17,20-22H2,1-3,5H3,(H2,40,47)(H2,41,43,49)/t31-,39-/m1/s1. The van der Waals surface area contributed by atoms with Crippen molar-refractivity contribution in [3.05, 3.63) is 69.2 Å². The van der Waals surface area contributed by atoms with E-state index in [-0.39, 0.29) is 49.5 Å². The molecule has 2 atom stereocenters. The zero-order chi connectivity index (χ0) is 38.4. The number of ether oxygens (including phenoxy) is 2. The topological polar surface area (TPSA) is 195 Å². The number of amides is 4. The van der Waals surface area contributed by atoms with Crippen molar-refractivity contribution in [3.8, 4) is 17.1 Å². The van der Waals surface area contributed by atoms with Gasteiger partial charge in [0.15, 0.2) is 5.78 Å². The van der Waals surface area contributed by atoms with Crippen molar-refractivity contribution in [2.45, 2.75) is 103 Å². The van der Waals surface area contributed by atoms with Crippen molar-refractivity contribution in [3.63, 3.8) is 0 Å². The fourth-order valence-electron chi connectivity index (χ4n) is 7.07. The van der Waals surface area contributed by atoms with E-state index in [9.17, 15) is 29.1 Å². The number of pyridine rings is 2. The number of benzene rings is 1. The van der Waals surface area contributed by atoms with Crippen LogP contribution in [0, 0.1) is 0 Å². The number of unbranched alkanes of at least 4 members (excludes halogenated alkanes) is 3. The molecule has 0 saturated carbocycles. The Morgan fingerprint density at radius 3 is 2.60 bits per heavy atom. The van der Waals surface area contributed by atoms with E-state index in [4.69, 9.17) is 20.2 Å². The van der Waals surface area contributed by atoms with Crippen LogP contribution in [0.15, 0.2) is 41.4 Å². The number of nitrogens with one attached hydrogen (secondary N) is 2. The number of aliphatic hydroxyl groups is 1. The van der Waals surface area contributed by atoms with Crippen molar-refractivity contribution in [1.82, 2.24) is 25.1 Å². The third kappa shape index (κ3) is 8.22. The maximum atomic E-state index is 13.7. The lowest BCUT2D eigenvalue weighted by Gasteiger charge is -2.35. The molecule has 0 saturated heterocycles. The molecule has 0 bridgehead atoms. The number of aryl methyl sites for hydroxylation is 1. The molecule has 0 aliphatic carbocycles. The summed E-state index contributed by atoms with van der Waals surface area (Å²) < 4.78 is 13.0. The minimum absolute atomic E-state index is 0.00688. The summed E-state index contributed by atoms with van der Waals surface area (Å²) in [5, 5.41) is 17.5. The molecule has 53 heavy (non-hydrogen) atoms. The fraction of sp³-hybridized carbons (Fsp3) is 0.487. The first kappa shape index (κ1) is 39.0. The van der Waals surface area contributed by atoms with Gasteiger partial charge in [-0.25, -0.2) is 14.6 Å². The predicted octanol–water partition coefficient (Wildman–Crippen LogP) is 4.53. The first-order valence-electron chi connectivity index (χ1n) is 18.4. The monoisotopic (exact) mass is 730 g/mol. The van der Waals surface area contributed by atoms with Crippen molar-refractivity contribution in [1.29, 1.82) is 0 Å². The molecule has 0 unspecified atom stereocenters. The van der Waals surface area contributed by atoms with E-state index in [1.165, 1.54) is 4.90 Å². The number of hydrogen-bond donors (Lipinski definition) is 4. The summed E-state index contributed by atoms with van der Waals surface area (Å²) >= 11 is 0. The highest BCUT2D eigenvalue weighted by molar-refractivity contribution is 5.93. The summed E-state index contributed by atoms with van der Waals surface area (Å²) in [6.45, 7) is 10.8. The van der Waals surface area contributed by atoms with Gasteiger partial charge in [-0.15, -0.1) is 0 Å². The highest BCUT2D eigenvalue weighted by atomic mass is 16.6. The smallest absolute Gasteiger partial charge is 0.414 e. The molecule has 1 aromatic carbocycles. The van der Waals surface area contributed by atoms with Crippen LogP contribution in [0.3, 0.4) is 0 Å². The average molecular weight is 731 g/mol. The van der Waals surface area contributed by atoms with E-state index < -0.39 is 29.7 Å². The molecule has 2 aliphatic heterocycles. The normalized spacial score (nSPS) is 16.2. The number of urea groups is 1. The number of fused-ring (bicyclic) bond motifs is 5. The largest absolute Gasteiger partial charge is 0.490 e. The Morgan fingerprint density at radius 2 is 1.91 bits per heavy atom. The summed E-state index contributed by atoms with van der Waals surface area (Å²) in [7, 11) is 1.55. The lowest BCUT2D eigenvalue weighted by molar-refractivity contribution is -0.125. The minimum Gasteiger partial charge on any atom is -0.490 e. The van der Waals surface area contributed by atoms with Gasteiger partial charge in [0.05, 0.1) is 41.5 Å². The molecule has 3 aromatic rings. The van der Waals surface area contributed by atoms with E-state index >= 15 is 0 Å². The van der Waals surface area contributed by atoms with Gasteiger partial charge in [0.25, 0.3) is 5.56 Å². The Labute approximate surface area is 308 Å². The van der Waals surface area contributed by atoms with Crippen LogP contribution in [0.2, 0.25) is 0 Å². The number of aromatic nitrogens is 2. The van der Waals surface area contributed by atoms with E-state index in [1.807, 2.05) is 19.9 Å². The van der Waals surface area contributed by atoms with Gasteiger partial charge in [0, 0.05) is 43.1 Å². The molecule has 5 N–H and O–H groups in total. The van der Waals surface area contributed by atoms with Crippen LogP contribution < -0.4 is 26.7 Å². The lowest BCUT2D eigenvalue weighted by atomic mass is 9.84. The number of carbonyl (C=O) groups excluding carboxylic acids is 4. The summed E-state index contributed by atoms with van der Waals surface area (Å²) in [5.41, 5.74) is 8.32. The van der Waals surface area contributed by atoms with Gasteiger partial charge >= 0.3 is 12.1 Å². The van der Waals surface area contributed by atoms with Crippen molar-refractivity contribution in [2.24, 2.45) is 5.73 Å². The Balaban J connectivity index is 1.24. The molecule has 4 heterocycles. The zero-order valence-corrected chi connectivity index (χ0v) is 31.0. The van der Waals surface area contributed by atoms with Crippen LogP contribution in [-0.2, 0) is 39.5 Å². The Hall–Kier alpha value is -5.24. The number of hydrogen-bond acceptors (Lipinski definition) is 9. The highest BCUT2D eigenvalue weighted by Gasteiger charge is 2.41. The zero-order valence-electron chi connectivity index (χ0n) is 31.0. The molecule has 0 fully saturated rings. The summed E-state index contributed by atoms with van der Waals surface area (Å²) in [5.74, 6) is -0.553. The van der Waals surface area contributed by atoms with Crippen molar-refractivity contribution >= 4 is 34.7 Å². The van der Waals surface area contributed by atoms with Crippen LogP contribution in [0.25, 0.3) is 22.3 Å². The van der Waals surface area contributed by atoms with Crippen LogP contribution >= 0.6 is 0 Å². The Bertz CT molecular complexity index is 1990. The van der Waals surface area contributed by atoms with Gasteiger partial charge in [-0.3, -0.25) is 14.4 Å². The second-order valence-corrected chi connectivity index (χ2v) is 13.7. The minimum atomic E-state index is -1.48. The highest BCUT2D eigenvalue weighted by Crippen LogP contribution is 2.43. The molecular formula is C39H50N6O8. The van der Waals surface area contributed by atoms with Crippen LogP contribution in [0.1, 0.15) is 94.4 Å². The molecule has 4 amide bonds. The molecule has 0 spiro atoms. The van der Waals surface area contributed by atoms with Crippen molar-refractivity contribution in [2.75, 3.05) is 20.1 Å². The van der Waals surface area contributed by atoms with Crippen LogP contribution in [-0.4, -0.2) is 69.6 Å². The third-order valence-electron chi connectivity index (χ3n) is 10.1. The first-order valence-corrected chi connectivity index (χ1v) is 18.4. The summed E-state index contributed by atoms with van der Waals surface area (Å²) in [4.78, 5) is 69.9. The maximum Gasteiger partial charge on any atom is 0.414 e. The second kappa shape index (κ2) is 16.6. The third-order valence-corrected chi connectivity index (χ3v) is 10.1. The number of rotatable bonds is 16. The Morgan fingerprint density at radius 1 is 1.13 bits per heavy atom. The first-order chi connectivity index (χ1) is 25.3. The SMILES string of the molecule is C=C1OCc2c(cc3n(c2=O)Cc2c-3nc3ccc(OC(=O)N(C)CCCC(=O)[C@@H](CC(N)=O)NC(=O)NCCCCCC)cc3c2CC)[C@@]1(O)CC.